The Morgan fingerprint density at radius 1 is 1.07 bits per heavy atom. The summed E-state index contributed by atoms with van der Waals surface area (Å²) in [6.07, 6.45) is 2.59. The zero-order valence-electron chi connectivity index (χ0n) is 15.8. The van der Waals surface area contributed by atoms with Crippen molar-refractivity contribution < 1.29 is 14.3 Å². The van der Waals surface area contributed by atoms with Crippen LogP contribution < -0.4 is 14.8 Å². The summed E-state index contributed by atoms with van der Waals surface area (Å²) in [6.45, 7) is 3.82. The Bertz CT molecular complexity index is 787. The molecule has 0 bridgehead atoms. The van der Waals surface area contributed by atoms with Crippen LogP contribution in [0.1, 0.15) is 34.3 Å². The van der Waals surface area contributed by atoms with Gasteiger partial charge in [0.1, 0.15) is 0 Å². The van der Waals surface area contributed by atoms with Gasteiger partial charge in [0.15, 0.2) is 11.5 Å². The maximum Gasteiger partial charge on any atom is 0.251 e. The van der Waals surface area contributed by atoms with Gasteiger partial charge in [0, 0.05) is 18.7 Å². The van der Waals surface area contributed by atoms with E-state index in [1.807, 2.05) is 0 Å². The molecule has 0 saturated carbocycles. The summed E-state index contributed by atoms with van der Waals surface area (Å²) in [5, 5.41) is 3.26. The van der Waals surface area contributed by atoms with Gasteiger partial charge in [0.2, 0.25) is 0 Å². The molecule has 27 heavy (non-hydrogen) atoms. The number of nitrogens with one attached hydrogen (secondary N) is 1. The minimum Gasteiger partial charge on any atom is -0.493 e. The molecule has 0 unspecified atom stereocenters. The van der Waals surface area contributed by atoms with Gasteiger partial charge in [0.25, 0.3) is 5.91 Å². The molecule has 0 aliphatic carbocycles. The van der Waals surface area contributed by atoms with Crippen LogP contribution in [0.5, 0.6) is 11.5 Å². The molecule has 0 aromatic heterocycles. The lowest BCUT2D eigenvalue weighted by Crippen LogP contribution is -2.23. The molecular formula is C21H25ClN2O3. The highest BCUT2D eigenvalue weighted by Crippen LogP contribution is 2.35. The molecule has 1 saturated heterocycles. The monoisotopic (exact) mass is 388 g/mol. The predicted octanol–water partition coefficient (Wildman–Crippen LogP) is 3.88. The van der Waals surface area contributed by atoms with Gasteiger partial charge >= 0.3 is 0 Å². The molecule has 1 amide bonds. The number of benzene rings is 2. The molecule has 144 valence electrons. The van der Waals surface area contributed by atoms with Gasteiger partial charge in [-0.25, -0.2) is 0 Å². The summed E-state index contributed by atoms with van der Waals surface area (Å²) in [6, 6.07) is 11.6. The van der Waals surface area contributed by atoms with Gasteiger partial charge in [-0.05, 0) is 49.2 Å². The molecule has 1 fully saturated rings. The highest BCUT2D eigenvalue weighted by Gasteiger charge is 2.15. The Kier molecular flexibility index (Phi) is 6.58. The zero-order valence-corrected chi connectivity index (χ0v) is 16.5. The standard InChI is InChI=1S/C21H25ClN2O3/c1-26-19-12-17(11-18(22)20(19)27-2)21(25)23-13-15-5-7-16(8-6-15)14-24-9-3-4-10-24/h5-8,11-12H,3-4,9-10,13-14H2,1-2H3,(H,23,25). The van der Waals surface area contributed by atoms with Crippen LogP contribution in [0.15, 0.2) is 36.4 Å². The van der Waals surface area contributed by atoms with E-state index in [-0.39, 0.29) is 5.91 Å². The molecule has 0 spiro atoms. The number of methoxy groups -OCH3 is 2. The molecule has 3 rings (SSSR count). The van der Waals surface area contributed by atoms with Gasteiger partial charge < -0.3 is 14.8 Å². The van der Waals surface area contributed by atoms with Crippen LogP contribution in [0, 0.1) is 0 Å². The van der Waals surface area contributed by atoms with E-state index in [0.717, 1.165) is 12.1 Å². The van der Waals surface area contributed by atoms with E-state index in [1.54, 1.807) is 12.1 Å². The molecule has 1 aliphatic rings. The van der Waals surface area contributed by atoms with E-state index >= 15 is 0 Å². The molecule has 1 aliphatic heterocycles. The maximum absolute atomic E-state index is 12.5. The molecule has 2 aromatic rings. The molecule has 1 heterocycles. The largest absolute Gasteiger partial charge is 0.493 e. The first-order valence-electron chi connectivity index (χ1n) is 9.10. The van der Waals surface area contributed by atoms with E-state index in [4.69, 9.17) is 21.1 Å². The lowest BCUT2D eigenvalue weighted by Gasteiger charge is -2.15. The molecule has 0 atom stereocenters. The van der Waals surface area contributed by atoms with Crippen molar-refractivity contribution in [2.75, 3.05) is 27.3 Å². The fourth-order valence-corrected chi connectivity index (χ4v) is 3.58. The molecule has 6 heteroatoms. The van der Waals surface area contributed by atoms with Crippen molar-refractivity contribution in [3.63, 3.8) is 0 Å². The van der Waals surface area contributed by atoms with Crippen molar-refractivity contribution in [3.8, 4) is 11.5 Å². The number of halogens is 1. The van der Waals surface area contributed by atoms with Crippen molar-refractivity contribution in [2.24, 2.45) is 0 Å². The predicted molar refractivity (Wildman–Crippen MR) is 107 cm³/mol. The summed E-state index contributed by atoms with van der Waals surface area (Å²) in [5.41, 5.74) is 2.79. The van der Waals surface area contributed by atoms with Gasteiger partial charge in [-0.15, -0.1) is 0 Å². The summed E-state index contributed by atoms with van der Waals surface area (Å²) in [5.74, 6) is 0.643. The van der Waals surface area contributed by atoms with Gasteiger partial charge in [0.05, 0.1) is 19.2 Å². The van der Waals surface area contributed by atoms with Crippen molar-refractivity contribution in [2.45, 2.75) is 25.9 Å². The molecule has 1 N–H and O–H groups in total. The second-order valence-electron chi connectivity index (χ2n) is 6.68. The minimum absolute atomic E-state index is 0.209. The second kappa shape index (κ2) is 9.11. The number of carbonyl (C=O) groups is 1. The first kappa shape index (κ1) is 19.5. The quantitative estimate of drug-likeness (QED) is 0.782. The highest BCUT2D eigenvalue weighted by atomic mass is 35.5. The van der Waals surface area contributed by atoms with E-state index in [9.17, 15) is 4.79 Å². The fourth-order valence-electron chi connectivity index (χ4n) is 3.29. The Balaban J connectivity index is 1.59. The average molecular weight is 389 g/mol. The van der Waals surface area contributed by atoms with Gasteiger partial charge in [-0.2, -0.15) is 0 Å². The van der Waals surface area contributed by atoms with Crippen LogP contribution in [0.3, 0.4) is 0 Å². The zero-order chi connectivity index (χ0) is 19.2. The minimum atomic E-state index is -0.209. The molecule has 5 nitrogen and oxygen atoms in total. The van der Waals surface area contributed by atoms with E-state index in [1.165, 1.54) is 45.7 Å². The summed E-state index contributed by atoms with van der Waals surface area (Å²) < 4.78 is 10.4. The van der Waals surface area contributed by atoms with Crippen LogP contribution in [-0.4, -0.2) is 38.1 Å². The third-order valence-corrected chi connectivity index (χ3v) is 5.06. The smallest absolute Gasteiger partial charge is 0.251 e. The SMILES string of the molecule is COc1cc(C(=O)NCc2ccc(CN3CCCC3)cc2)cc(Cl)c1OC. The normalized spacial score (nSPS) is 14.2. The van der Waals surface area contributed by atoms with Crippen LogP contribution in [0.2, 0.25) is 5.02 Å². The third-order valence-electron chi connectivity index (χ3n) is 4.78. The summed E-state index contributed by atoms with van der Waals surface area (Å²) in [7, 11) is 3.02. The van der Waals surface area contributed by atoms with Crippen molar-refractivity contribution >= 4 is 17.5 Å². The summed E-state index contributed by atoms with van der Waals surface area (Å²) in [4.78, 5) is 14.9. The van der Waals surface area contributed by atoms with Crippen LogP contribution in [0.4, 0.5) is 0 Å². The van der Waals surface area contributed by atoms with Crippen LogP contribution in [0.25, 0.3) is 0 Å². The number of amides is 1. The highest BCUT2D eigenvalue weighted by molar-refractivity contribution is 6.32. The Morgan fingerprint density at radius 2 is 1.74 bits per heavy atom. The number of hydrogen-bond acceptors (Lipinski definition) is 4. The Morgan fingerprint density at radius 3 is 2.37 bits per heavy atom. The topological polar surface area (TPSA) is 50.8 Å². The molecule has 0 radical (unpaired) electrons. The third kappa shape index (κ3) is 4.93. The van der Waals surface area contributed by atoms with E-state index < -0.39 is 0 Å². The first-order valence-corrected chi connectivity index (χ1v) is 9.48. The first-order chi connectivity index (χ1) is 13.1. The fraction of sp³-hybridized carbons (Fsp3) is 0.381. The van der Waals surface area contributed by atoms with Gasteiger partial charge in [-0.1, -0.05) is 35.9 Å². The summed E-state index contributed by atoms with van der Waals surface area (Å²) >= 11 is 6.17. The lowest BCUT2D eigenvalue weighted by molar-refractivity contribution is 0.0950. The average Bonchev–Trinajstić information content (AvgIpc) is 3.19. The number of nitrogens with zero attached hydrogens (tertiary/aromatic N) is 1. The maximum atomic E-state index is 12.5. The van der Waals surface area contributed by atoms with Crippen molar-refractivity contribution in [1.82, 2.24) is 10.2 Å². The molecular weight excluding hydrogens is 364 g/mol. The van der Waals surface area contributed by atoms with E-state index in [0.29, 0.717) is 28.6 Å². The second-order valence-corrected chi connectivity index (χ2v) is 7.08. The van der Waals surface area contributed by atoms with Crippen molar-refractivity contribution in [3.05, 3.63) is 58.1 Å². The molecule has 2 aromatic carbocycles. The van der Waals surface area contributed by atoms with Gasteiger partial charge in [-0.3, -0.25) is 9.69 Å². The number of likely N-dealkylation sites (tertiary alicyclic amines) is 1. The Labute approximate surface area is 165 Å². The lowest BCUT2D eigenvalue weighted by atomic mass is 10.1. The van der Waals surface area contributed by atoms with Crippen molar-refractivity contribution in [1.29, 1.82) is 0 Å². The number of hydrogen-bond donors (Lipinski definition) is 1. The van der Waals surface area contributed by atoms with Crippen LogP contribution in [-0.2, 0) is 13.1 Å². The number of ether oxygens (including phenoxy) is 2. The Hall–Kier alpha value is -2.24. The van der Waals surface area contributed by atoms with Crippen LogP contribution >= 0.6 is 11.6 Å². The number of rotatable bonds is 7. The van der Waals surface area contributed by atoms with E-state index in [2.05, 4.69) is 34.5 Å². The number of carbonyl (C=O) groups excluding carboxylic acids is 1.